The normalized spacial score (nSPS) is 11.3. The number of phenols is 1. The molecule has 0 atom stereocenters. The number of halogens is 4. The highest BCUT2D eigenvalue weighted by molar-refractivity contribution is 6.32. The lowest BCUT2D eigenvalue weighted by Crippen LogP contribution is -2.22. The molecule has 1 N–H and O–H groups in total. The summed E-state index contributed by atoms with van der Waals surface area (Å²) < 4.78 is 42.3. The van der Waals surface area contributed by atoms with E-state index in [1.54, 1.807) is 0 Å². The Bertz CT molecular complexity index is 672. The Kier molecular flexibility index (Phi) is 9.35. The number of carbonyl (C=O) groups excluding carboxylic acids is 2. The van der Waals surface area contributed by atoms with Gasteiger partial charge in [-0.25, -0.2) is 0 Å². The lowest BCUT2D eigenvalue weighted by Gasteiger charge is -2.11. The zero-order valence-corrected chi connectivity index (χ0v) is 15.5. The molecule has 0 heterocycles. The summed E-state index contributed by atoms with van der Waals surface area (Å²) >= 11 is 5.77. The van der Waals surface area contributed by atoms with E-state index in [-0.39, 0.29) is 17.2 Å². The van der Waals surface area contributed by atoms with Crippen LogP contribution in [0.4, 0.5) is 13.2 Å². The Morgan fingerprint density at radius 2 is 1.70 bits per heavy atom. The van der Waals surface area contributed by atoms with Crippen molar-refractivity contribution in [2.24, 2.45) is 0 Å². The zero-order chi connectivity index (χ0) is 20.4. The molecule has 0 aliphatic heterocycles. The minimum absolute atomic E-state index is 0.118. The number of aromatic hydroxyl groups is 1. The molecule has 0 saturated heterocycles. The molecule has 0 spiro atoms. The number of hydrogen-bond acceptors (Lipinski definition) is 4. The number of unbranched alkanes of at least 4 members (excludes halogenated alkanes) is 6. The third-order valence-electron chi connectivity index (χ3n) is 3.82. The fourth-order valence-electron chi connectivity index (χ4n) is 2.39. The molecule has 0 aromatic heterocycles. The van der Waals surface area contributed by atoms with E-state index in [1.165, 1.54) is 0 Å². The van der Waals surface area contributed by atoms with Gasteiger partial charge in [0.2, 0.25) is 0 Å². The van der Waals surface area contributed by atoms with Gasteiger partial charge in [0.25, 0.3) is 5.78 Å². The van der Waals surface area contributed by atoms with Crippen LogP contribution in [0.25, 0.3) is 0 Å². The first kappa shape index (κ1) is 23.0. The molecule has 1 aromatic carbocycles. The smallest absolute Gasteiger partial charge is 0.455 e. The van der Waals surface area contributed by atoms with Crippen LogP contribution in [0.2, 0.25) is 5.02 Å². The van der Waals surface area contributed by atoms with Crippen LogP contribution in [0.15, 0.2) is 24.8 Å². The number of Topliss-reactive ketones (excluding diaryl/α,β-unsaturated/α-hetero) is 1. The fraction of sp³-hybridized carbons (Fsp3) is 0.474. The molecule has 1 rings (SSSR count). The Morgan fingerprint density at radius 1 is 1.11 bits per heavy atom. The van der Waals surface area contributed by atoms with Crippen molar-refractivity contribution in [2.75, 3.05) is 0 Å². The summed E-state index contributed by atoms with van der Waals surface area (Å²) in [5, 5.41) is 9.26. The highest BCUT2D eigenvalue weighted by Crippen LogP contribution is 2.35. The lowest BCUT2D eigenvalue weighted by atomic mass is 10.1. The molecule has 0 radical (unpaired) electrons. The third kappa shape index (κ3) is 8.03. The van der Waals surface area contributed by atoms with E-state index in [9.17, 15) is 27.9 Å². The zero-order valence-electron chi connectivity index (χ0n) is 14.8. The number of ether oxygens (including phenoxy) is 1. The Balaban J connectivity index is 2.50. The topological polar surface area (TPSA) is 63.6 Å². The van der Waals surface area contributed by atoms with Crippen molar-refractivity contribution in [1.29, 1.82) is 0 Å². The van der Waals surface area contributed by atoms with Gasteiger partial charge < -0.3 is 9.84 Å². The van der Waals surface area contributed by atoms with Crippen LogP contribution in [-0.4, -0.2) is 23.0 Å². The first-order chi connectivity index (χ1) is 12.7. The van der Waals surface area contributed by atoms with E-state index in [4.69, 9.17) is 16.3 Å². The van der Waals surface area contributed by atoms with Crippen molar-refractivity contribution >= 4 is 23.4 Å². The molecule has 150 valence electrons. The molecule has 0 aliphatic carbocycles. The molecule has 0 bridgehead atoms. The van der Waals surface area contributed by atoms with Gasteiger partial charge in [0.1, 0.15) is 5.75 Å². The van der Waals surface area contributed by atoms with E-state index < -0.39 is 29.2 Å². The summed E-state index contributed by atoms with van der Waals surface area (Å²) in [5.41, 5.74) is -0.997. The van der Waals surface area contributed by atoms with Gasteiger partial charge in [-0.05, 0) is 25.3 Å². The number of rotatable bonds is 11. The van der Waals surface area contributed by atoms with E-state index >= 15 is 0 Å². The van der Waals surface area contributed by atoms with Crippen molar-refractivity contribution in [2.45, 2.75) is 57.5 Å². The van der Waals surface area contributed by atoms with E-state index in [2.05, 4.69) is 6.58 Å². The van der Waals surface area contributed by atoms with Crippen LogP contribution in [0, 0.1) is 0 Å². The molecular weight excluding hydrogens is 385 g/mol. The van der Waals surface area contributed by atoms with Crippen molar-refractivity contribution in [3.05, 3.63) is 35.4 Å². The standard InChI is InChI=1S/C19H22ClF3O4/c1-2-3-4-5-6-7-8-9-10-17(25)27-16-12-15(24)13(11-14(16)20)18(26)19(21,22)23/h2,11-12,24H,1,3-10H2. The Labute approximate surface area is 161 Å². The van der Waals surface area contributed by atoms with E-state index in [0.29, 0.717) is 12.5 Å². The first-order valence-electron chi connectivity index (χ1n) is 8.62. The molecule has 8 heteroatoms. The van der Waals surface area contributed by atoms with Crippen molar-refractivity contribution < 1.29 is 32.6 Å². The highest BCUT2D eigenvalue weighted by atomic mass is 35.5. The van der Waals surface area contributed by atoms with Gasteiger partial charge in [0, 0.05) is 12.5 Å². The van der Waals surface area contributed by atoms with Gasteiger partial charge in [-0.3, -0.25) is 9.59 Å². The van der Waals surface area contributed by atoms with Gasteiger partial charge in [-0.2, -0.15) is 13.2 Å². The summed E-state index contributed by atoms with van der Waals surface area (Å²) in [6.45, 7) is 3.65. The molecule has 1 aromatic rings. The SMILES string of the molecule is C=CCCCCCCCCC(=O)Oc1cc(O)c(C(=O)C(F)(F)F)cc1Cl. The second-order valence-corrected chi connectivity index (χ2v) is 6.46. The van der Waals surface area contributed by atoms with Crippen LogP contribution in [-0.2, 0) is 4.79 Å². The average molecular weight is 407 g/mol. The largest absolute Gasteiger partial charge is 0.507 e. The minimum atomic E-state index is -5.15. The summed E-state index contributed by atoms with van der Waals surface area (Å²) in [6.07, 6.45) is 3.55. The molecule has 0 aliphatic rings. The molecule has 4 nitrogen and oxygen atoms in total. The average Bonchev–Trinajstić information content (AvgIpc) is 2.58. The molecular formula is C19H22ClF3O4. The lowest BCUT2D eigenvalue weighted by molar-refractivity contribution is -0.134. The number of hydrogen-bond donors (Lipinski definition) is 1. The van der Waals surface area contributed by atoms with Crippen LogP contribution in [0.1, 0.15) is 61.7 Å². The summed E-state index contributed by atoms with van der Waals surface area (Å²) in [6, 6.07) is 1.37. The van der Waals surface area contributed by atoms with Gasteiger partial charge in [-0.1, -0.05) is 43.4 Å². The maximum Gasteiger partial charge on any atom is 0.455 e. The van der Waals surface area contributed by atoms with Crippen LogP contribution >= 0.6 is 11.6 Å². The summed E-state index contributed by atoms with van der Waals surface area (Å²) in [5.74, 6) is -4.09. The van der Waals surface area contributed by atoms with Crippen LogP contribution in [0.5, 0.6) is 11.5 Å². The van der Waals surface area contributed by atoms with Crippen LogP contribution < -0.4 is 4.74 Å². The molecule has 0 saturated carbocycles. The van der Waals surface area contributed by atoms with Crippen molar-refractivity contribution in [1.82, 2.24) is 0 Å². The maximum atomic E-state index is 12.5. The predicted molar refractivity (Wildman–Crippen MR) is 96.3 cm³/mol. The minimum Gasteiger partial charge on any atom is -0.507 e. The second-order valence-electron chi connectivity index (χ2n) is 6.05. The number of alkyl halides is 3. The Hall–Kier alpha value is -2.02. The molecule has 0 unspecified atom stereocenters. The van der Waals surface area contributed by atoms with Crippen LogP contribution in [0.3, 0.4) is 0 Å². The van der Waals surface area contributed by atoms with Gasteiger partial charge in [0.05, 0.1) is 10.6 Å². The van der Waals surface area contributed by atoms with Gasteiger partial charge >= 0.3 is 12.1 Å². The number of phenolic OH excluding ortho intramolecular Hbond substituents is 1. The van der Waals surface area contributed by atoms with Gasteiger partial charge in [-0.15, -0.1) is 6.58 Å². The number of esters is 1. The number of ketones is 1. The van der Waals surface area contributed by atoms with E-state index in [1.807, 2.05) is 6.08 Å². The Morgan fingerprint density at radius 3 is 2.30 bits per heavy atom. The predicted octanol–water partition coefficient (Wildman–Crippen LogP) is 6.00. The number of allylic oxidation sites excluding steroid dienone is 1. The van der Waals surface area contributed by atoms with Gasteiger partial charge in [0.15, 0.2) is 5.75 Å². The van der Waals surface area contributed by atoms with Crippen molar-refractivity contribution in [3.63, 3.8) is 0 Å². The fourth-order valence-corrected chi connectivity index (χ4v) is 2.60. The summed E-state index contributed by atoms with van der Waals surface area (Å²) in [7, 11) is 0. The first-order valence-corrected chi connectivity index (χ1v) is 9.00. The molecule has 0 amide bonds. The molecule has 27 heavy (non-hydrogen) atoms. The maximum absolute atomic E-state index is 12.5. The number of benzene rings is 1. The summed E-state index contributed by atoms with van der Waals surface area (Å²) in [4.78, 5) is 23.0. The highest BCUT2D eigenvalue weighted by Gasteiger charge is 2.41. The quantitative estimate of drug-likeness (QED) is 0.161. The monoisotopic (exact) mass is 406 g/mol. The van der Waals surface area contributed by atoms with E-state index in [0.717, 1.165) is 44.6 Å². The number of carbonyl (C=O) groups is 2. The second kappa shape index (κ2) is 11.0. The third-order valence-corrected chi connectivity index (χ3v) is 4.11. The molecule has 0 fully saturated rings. The van der Waals surface area contributed by atoms with Crippen molar-refractivity contribution in [3.8, 4) is 11.5 Å².